The molecule has 0 saturated carbocycles. The van der Waals surface area contributed by atoms with Gasteiger partial charge >= 0.3 is 5.97 Å². The van der Waals surface area contributed by atoms with E-state index in [-0.39, 0.29) is 11.5 Å². The largest absolute Gasteiger partial charge is 0.476 e. The van der Waals surface area contributed by atoms with Gasteiger partial charge in [-0.25, -0.2) is 13.9 Å². The van der Waals surface area contributed by atoms with Gasteiger partial charge in [0, 0.05) is 11.3 Å². The standard InChI is InChI=1S/C14H13FN2O2/c1-8-5-6-9(15)7-12(8)17-11-4-2-3-10(11)13(16-17)14(18)19/h5-7H,2-4H2,1H3,(H,18,19). The minimum absolute atomic E-state index is 0.0937. The number of nitrogens with zero attached hydrogens (tertiary/aromatic N) is 2. The second kappa shape index (κ2) is 4.19. The van der Waals surface area contributed by atoms with Crippen LogP contribution in [0.15, 0.2) is 18.2 Å². The molecule has 0 saturated heterocycles. The van der Waals surface area contributed by atoms with Crippen LogP contribution in [0.5, 0.6) is 0 Å². The van der Waals surface area contributed by atoms with Crippen molar-refractivity contribution in [2.24, 2.45) is 0 Å². The molecule has 0 unspecified atom stereocenters. The highest BCUT2D eigenvalue weighted by molar-refractivity contribution is 5.87. The quantitative estimate of drug-likeness (QED) is 0.902. The van der Waals surface area contributed by atoms with Crippen LogP contribution < -0.4 is 0 Å². The molecule has 4 nitrogen and oxygen atoms in total. The minimum atomic E-state index is -1.02. The average molecular weight is 260 g/mol. The van der Waals surface area contributed by atoms with Crippen LogP contribution in [-0.2, 0) is 12.8 Å². The zero-order valence-electron chi connectivity index (χ0n) is 10.5. The summed E-state index contributed by atoms with van der Waals surface area (Å²) in [5, 5.41) is 13.3. The van der Waals surface area contributed by atoms with E-state index >= 15 is 0 Å². The van der Waals surface area contributed by atoms with Gasteiger partial charge in [0.05, 0.1) is 5.69 Å². The summed E-state index contributed by atoms with van der Waals surface area (Å²) in [6, 6.07) is 4.46. The van der Waals surface area contributed by atoms with E-state index in [4.69, 9.17) is 0 Å². The van der Waals surface area contributed by atoms with Crippen molar-refractivity contribution >= 4 is 5.97 Å². The maximum absolute atomic E-state index is 13.4. The van der Waals surface area contributed by atoms with Gasteiger partial charge in [0.2, 0.25) is 0 Å². The molecule has 19 heavy (non-hydrogen) atoms. The summed E-state index contributed by atoms with van der Waals surface area (Å²) < 4.78 is 15.0. The van der Waals surface area contributed by atoms with Crippen molar-refractivity contribution in [2.75, 3.05) is 0 Å². The maximum Gasteiger partial charge on any atom is 0.356 e. The second-order valence-corrected chi connectivity index (χ2v) is 4.78. The lowest BCUT2D eigenvalue weighted by molar-refractivity contribution is 0.0689. The first kappa shape index (κ1) is 11.9. The molecule has 0 fully saturated rings. The number of rotatable bonds is 2. The van der Waals surface area contributed by atoms with Gasteiger partial charge < -0.3 is 5.11 Å². The van der Waals surface area contributed by atoms with Crippen LogP contribution in [0.2, 0.25) is 0 Å². The van der Waals surface area contributed by atoms with Gasteiger partial charge in [0.25, 0.3) is 0 Å². The summed E-state index contributed by atoms with van der Waals surface area (Å²) in [6.45, 7) is 1.86. The van der Waals surface area contributed by atoms with Crippen molar-refractivity contribution in [3.05, 3.63) is 46.5 Å². The lowest BCUT2D eigenvalue weighted by atomic mass is 10.2. The fourth-order valence-corrected chi connectivity index (χ4v) is 2.62. The van der Waals surface area contributed by atoms with Gasteiger partial charge in [0.15, 0.2) is 5.69 Å². The summed E-state index contributed by atoms with van der Waals surface area (Å²) in [4.78, 5) is 11.2. The van der Waals surface area contributed by atoms with Crippen LogP contribution in [0.4, 0.5) is 4.39 Å². The molecule has 98 valence electrons. The Hall–Kier alpha value is -2.17. The highest BCUT2D eigenvalue weighted by Gasteiger charge is 2.27. The first-order valence-corrected chi connectivity index (χ1v) is 6.18. The molecule has 0 bridgehead atoms. The molecule has 1 aromatic heterocycles. The van der Waals surface area contributed by atoms with Gasteiger partial charge in [-0.05, 0) is 43.9 Å². The van der Waals surface area contributed by atoms with E-state index in [1.54, 1.807) is 10.7 Å². The Bertz CT molecular complexity index is 676. The third-order valence-corrected chi connectivity index (χ3v) is 3.53. The Kier molecular flexibility index (Phi) is 2.62. The molecule has 3 rings (SSSR count). The molecule has 5 heteroatoms. The number of hydrogen-bond acceptors (Lipinski definition) is 2. The summed E-state index contributed by atoms with van der Waals surface area (Å²) in [7, 11) is 0. The number of hydrogen-bond donors (Lipinski definition) is 1. The van der Waals surface area contributed by atoms with E-state index in [0.29, 0.717) is 5.69 Å². The van der Waals surface area contributed by atoms with Crippen molar-refractivity contribution < 1.29 is 14.3 Å². The number of halogens is 1. The molecule has 1 aromatic carbocycles. The van der Waals surface area contributed by atoms with E-state index in [0.717, 1.165) is 36.1 Å². The van der Waals surface area contributed by atoms with E-state index in [2.05, 4.69) is 5.10 Å². The SMILES string of the molecule is Cc1ccc(F)cc1-n1nc(C(=O)O)c2c1CCC2. The smallest absolute Gasteiger partial charge is 0.356 e. The van der Waals surface area contributed by atoms with E-state index in [1.165, 1.54) is 12.1 Å². The van der Waals surface area contributed by atoms with Gasteiger partial charge in [-0.3, -0.25) is 0 Å². The predicted octanol–water partition coefficient (Wildman–Crippen LogP) is 2.51. The zero-order chi connectivity index (χ0) is 13.6. The summed E-state index contributed by atoms with van der Waals surface area (Å²) in [5.74, 6) is -1.37. The number of carbonyl (C=O) groups is 1. The van der Waals surface area contributed by atoms with Crippen LogP contribution in [0.1, 0.15) is 33.7 Å². The second-order valence-electron chi connectivity index (χ2n) is 4.78. The average Bonchev–Trinajstić information content (AvgIpc) is 2.93. The third kappa shape index (κ3) is 1.82. The molecule has 0 atom stereocenters. The number of aryl methyl sites for hydroxylation is 1. The fourth-order valence-electron chi connectivity index (χ4n) is 2.62. The number of benzene rings is 1. The van der Waals surface area contributed by atoms with Crippen molar-refractivity contribution in [3.8, 4) is 5.69 Å². The molecule has 2 aromatic rings. The van der Waals surface area contributed by atoms with Gasteiger partial charge in [-0.2, -0.15) is 5.10 Å². The van der Waals surface area contributed by atoms with Crippen molar-refractivity contribution in [1.82, 2.24) is 9.78 Å². The molecule has 1 aliphatic rings. The molecule has 0 aliphatic heterocycles. The van der Waals surface area contributed by atoms with Gasteiger partial charge in [0.1, 0.15) is 5.82 Å². The number of aromatic nitrogens is 2. The molecular formula is C14H13FN2O2. The Morgan fingerprint density at radius 2 is 2.21 bits per heavy atom. The highest BCUT2D eigenvalue weighted by Crippen LogP contribution is 2.29. The molecule has 1 N–H and O–H groups in total. The Morgan fingerprint density at radius 1 is 1.42 bits per heavy atom. The summed E-state index contributed by atoms with van der Waals surface area (Å²) in [5.41, 5.74) is 3.26. The Morgan fingerprint density at radius 3 is 2.95 bits per heavy atom. The number of carboxylic acid groups (broad SMARTS) is 1. The maximum atomic E-state index is 13.4. The van der Waals surface area contributed by atoms with E-state index in [9.17, 15) is 14.3 Å². The van der Waals surface area contributed by atoms with Crippen molar-refractivity contribution in [1.29, 1.82) is 0 Å². The molecular weight excluding hydrogens is 247 g/mol. The number of carboxylic acids is 1. The van der Waals surface area contributed by atoms with E-state index in [1.807, 2.05) is 6.92 Å². The first-order valence-electron chi connectivity index (χ1n) is 6.18. The van der Waals surface area contributed by atoms with Crippen LogP contribution >= 0.6 is 0 Å². The molecule has 0 amide bonds. The zero-order valence-corrected chi connectivity index (χ0v) is 10.5. The molecule has 0 spiro atoms. The minimum Gasteiger partial charge on any atom is -0.476 e. The number of fused-ring (bicyclic) bond motifs is 1. The lowest BCUT2D eigenvalue weighted by Crippen LogP contribution is -2.06. The fraction of sp³-hybridized carbons (Fsp3) is 0.286. The Balaban J connectivity index is 2.23. The van der Waals surface area contributed by atoms with Crippen molar-refractivity contribution in [3.63, 3.8) is 0 Å². The monoisotopic (exact) mass is 260 g/mol. The predicted molar refractivity (Wildman–Crippen MR) is 67.2 cm³/mol. The summed E-state index contributed by atoms with van der Waals surface area (Å²) in [6.07, 6.45) is 2.43. The molecule has 1 aliphatic carbocycles. The topological polar surface area (TPSA) is 55.1 Å². The third-order valence-electron chi connectivity index (χ3n) is 3.53. The van der Waals surface area contributed by atoms with Crippen LogP contribution in [0.3, 0.4) is 0 Å². The Labute approximate surface area is 109 Å². The number of aromatic carboxylic acids is 1. The van der Waals surface area contributed by atoms with Crippen molar-refractivity contribution in [2.45, 2.75) is 26.2 Å². The van der Waals surface area contributed by atoms with Crippen LogP contribution in [0, 0.1) is 12.7 Å². The molecule has 0 radical (unpaired) electrons. The van der Waals surface area contributed by atoms with E-state index < -0.39 is 5.97 Å². The van der Waals surface area contributed by atoms with Crippen LogP contribution in [0.25, 0.3) is 5.69 Å². The lowest BCUT2D eigenvalue weighted by Gasteiger charge is -2.08. The highest BCUT2D eigenvalue weighted by atomic mass is 19.1. The normalized spacial score (nSPS) is 13.6. The molecule has 1 heterocycles. The van der Waals surface area contributed by atoms with Crippen LogP contribution in [-0.4, -0.2) is 20.9 Å². The van der Waals surface area contributed by atoms with Gasteiger partial charge in [-0.1, -0.05) is 6.07 Å². The van der Waals surface area contributed by atoms with Gasteiger partial charge in [-0.15, -0.1) is 0 Å². The first-order chi connectivity index (χ1) is 9.08. The summed E-state index contributed by atoms with van der Waals surface area (Å²) >= 11 is 0.